The monoisotopic (exact) mass is 294 g/mol. The summed E-state index contributed by atoms with van der Waals surface area (Å²) >= 11 is 0. The largest absolute Gasteiger partial charge is 0.303 e. The van der Waals surface area contributed by atoms with Crippen LogP contribution in [0.25, 0.3) is 0 Å². The van der Waals surface area contributed by atoms with Crippen molar-refractivity contribution in [3.8, 4) is 0 Å². The van der Waals surface area contributed by atoms with E-state index in [1.54, 1.807) is 0 Å². The number of piperidine rings is 2. The molecule has 2 aliphatic heterocycles. The van der Waals surface area contributed by atoms with E-state index in [0.717, 1.165) is 23.7 Å². The summed E-state index contributed by atoms with van der Waals surface area (Å²) in [6.07, 6.45) is 7.05. The molecule has 21 heavy (non-hydrogen) atoms. The molecule has 2 atom stereocenters. The lowest BCUT2D eigenvalue weighted by atomic mass is 9.83. The number of hydrogen-bond acceptors (Lipinski definition) is 2. The van der Waals surface area contributed by atoms with E-state index >= 15 is 0 Å². The maximum absolute atomic E-state index is 2.74. The van der Waals surface area contributed by atoms with Gasteiger partial charge in [-0.25, -0.2) is 0 Å². The van der Waals surface area contributed by atoms with E-state index in [4.69, 9.17) is 0 Å². The first-order valence-corrected chi connectivity index (χ1v) is 9.54. The summed E-state index contributed by atoms with van der Waals surface area (Å²) in [5, 5.41) is 0. The van der Waals surface area contributed by atoms with E-state index < -0.39 is 0 Å². The number of likely N-dealkylation sites (tertiary alicyclic amines) is 2. The summed E-state index contributed by atoms with van der Waals surface area (Å²) in [7, 11) is 0. The Balaban J connectivity index is 1.65. The third kappa shape index (κ3) is 5.25. The normalized spacial score (nSPS) is 30.1. The molecule has 2 fully saturated rings. The first-order valence-electron chi connectivity index (χ1n) is 9.54. The Morgan fingerprint density at radius 1 is 0.952 bits per heavy atom. The highest BCUT2D eigenvalue weighted by molar-refractivity contribution is 4.80. The molecule has 0 unspecified atom stereocenters. The zero-order chi connectivity index (χ0) is 15.2. The summed E-state index contributed by atoms with van der Waals surface area (Å²) in [5.74, 6) is 3.74. The number of nitrogens with zero attached hydrogens (tertiary/aromatic N) is 2. The average molecular weight is 295 g/mol. The second kappa shape index (κ2) is 8.53. The molecule has 2 nitrogen and oxygen atoms in total. The molecule has 2 saturated heterocycles. The van der Waals surface area contributed by atoms with Gasteiger partial charge in [0.1, 0.15) is 0 Å². The van der Waals surface area contributed by atoms with Gasteiger partial charge in [0.05, 0.1) is 0 Å². The first kappa shape index (κ1) is 17.3. The third-order valence-corrected chi connectivity index (χ3v) is 6.10. The van der Waals surface area contributed by atoms with Gasteiger partial charge >= 0.3 is 0 Å². The highest BCUT2D eigenvalue weighted by atomic mass is 15.1. The maximum atomic E-state index is 2.74. The molecule has 0 radical (unpaired) electrons. The van der Waals surface area contributed by atoms with Crippen LogP contribution in [0.3, 0.4) is 0 Å². The molecule has 0 saturated carbocycles. The molecule has 124 valence electrons. The summed E-state index contributed by atoms with van der Waals surface area (Å²) in [6.45, 7) is 17.6. The van der Waals surface area contributed by atoms with Gasteiger partial charge < -0.3 is 9.80 Å². The van der Waals surface area contributed by atoms with Crippen LogP contribution in [0, 0.1) is 23.7 Å². The maximum Gasteiger partial charge on any atom is 0.000968 e. The van der Waals surface area contributed by atoms with Gasteiger partial charge in [0.2, 0.25) is 0 Å². The van der Waals surface area contributed by atoms with Crippen LogP contribution in [-0.2, 0) is 0 Å². The molecule has 0 bridgehead atoms. The fraction of sp³-hybridized carbons (Fsp3) is 1.00. The SMILES string of the molecule is CCCN1CC[C@@H](CCN2CCC(C(C)C)CC2)[C@H](C)C1. The Hall–Kier alpha value is -0.0800. The van der Waals surface area contributed by atoms with E-state index in [0.29, 0.717) is 0 Å². The highest BCUT2D eigenvalue weighted by Crippen LogP contribution is 2.28. The van der Waals surface area contributed by atoms with Crippen molar-refractivity contribution in [3.63, 3.8) is 0 Å². The molecule has 0 aliphatic carbocycles. The molecule has 0 N–H and O–H groups in total. The summed E-state index contributed by atoms with van der Waals surface area (Å²) < 4.78 is 0. The minimum Gasteiger partial charge on any atom is -0.303 e. The van der Waals surface area contributed by atoms with Crippen molar-refractivity contribution in [1.29, 1.82) is 0 Å². The number of hydrogen-bond donors (Lipinski definition) is 0. The quantitative estimate of drug-likeness (QED) is 0.727. The summed E-state index contributed by atoms with van der Waals surface area (Å²) in [4.78, 5) is 5.42. The van der Waals surface area contributed by atoms with Crippen molar-refractivity contribution in [3.05, 3.63) is 0 Å². The van der Waals surface area contributed by atoms with Gasteiger partial charge in [-0.15, -0.1) is 0 Å². The molecule has 0 aromatic carbocycles. The zero-order valence-corrected chi connectivity index (χ0v) is 15.0. The Morgan fingerprint density at radius 2 is 1.62 bits per heavy atom. The first-order chi connectivity index (χ1) is 10.1. The molecular formula is C19H38N2. The Morgan fingerprint density at radius 3 is 2.19 bits per heavy atom. The van der Waals surface area contributed by atoms with Crippen molar-refractivity contribution in [2.75, 3.05) is 39.3 Å². The molecular weight excluding hydrogens is 256 g/mol. The molecule has 0 spiro atoms. The molecule has 0 aromatic rings. The fourth-order valence-corrected chi connectivity index (χ4v) is 4.42. The van der Waals surface area contributed by atoms with Crippen molar-refractivity contribution >= 4 is 0 Å². The highest BCUT2D eigenvalue weighted by Gasteiger charge is 2.27. The Kier molecular flexibility index (Phi) is 7.01. The lowest BCUT2D eigenvalue weighted by Gasteiger charge is -2.39. The fourth-order valence-electron chi connectivity index (χ4n) is 4.42. The van der Waals surface area contributed by atoms with Gasteiger partial charge in [-0.05, 0) is 88.5 Å². The van der Waals surface area contributed by atoms with Crippen LogP contribution in [0.1, 0.15) is 59.8 Å². The third-order valence-electron chi connectivity index (χ3n) is 6.10. The van der Waals surface area contributed by atoms with Crippen LogP contribution in [0.5, 0.6) is 0 Å². The van der Waals surface area contributed by atoms with E-state index in [-0.39, 0.29) is 0 Å². The van der Waals surface area contributed by atoms with Crippen molar-refractivity contribution < 1.29 is 0 Å². The summed E-state index contributed by atoms with van der Waals surface area (Å²) in [5.41, 5.74) is 0. The van der Waals surface area contributed by atoms with Crippen molar-refractivity contribution in [2.24, 2.45) is 23.7 Å². The van der Waals surface area contributed by atoms with Crippen LogP contribution < -0.4 is 0 Å². The van der Waals surface area contributed by atoms with E-state index in [2.05, 4.69) is 37.5 Å². The smallest absolute Gasteiger partial charge is 0.000968 e. The predicted molar refractivity (Wildman–Crippen MR) is 92.6 cm³/mol. The Labute approximate surface area is 133 Å². The standard InChI is InChI=1S/C19H38N2/c1-5-10-21-14-9-19(17(4)15-21)8-13-20-11-6-18(7-12-20)16(2)3/h16-19H,5-15H2,1-4H3/t17-,19-/m1/s1. The van der Waals surface area contributed by atoms with Crippen LogP contribution in [0.2, 0.25) is 0 Å². The van der Waals surface area contributed by atoms with Crippen LogP contribution in [0.15, 0.2) is 0 Å². The van der Waals surface area contributed by atoms with Crippen LogP contribution in [-0.4, -0.2) is 49.1 Å². The van der Waals surface area contributed by atoms with E-state index in [1.165, 1.54) is 71.4 Å². The molecule has 2 rings (SSSR count). The molecule has 0 aromatic heterocycles. The van der Waals surface area contributed by atoms with Gasteiger partial charge in [-0.3, -0.25) is 0 Å². The van der Waals surface area contributed by atoms with Crippen molar-refractivity contribution in [2.45, 2.75) is 59.8 Å². The second-order valence-corrected chi connectivity index (χ2v) is 8.04. The van der Waals surface area contributed by atoms with Gasteiger partial charge in [0.15, 0.2) is 0 Å². The lowest BCUT2D eigenvalue weighted by molar-refractivity contribution is 0.101. The molecule has 2 heteroatoms. The zero-order valence-electron chi connectivity index (χ0n) is 15.0. The average Bonchev–Trinajstić information content (AvgIpc) is 2.47. The molecule has 2 heterocycles. The van der Waals surface area contributed by atoms with Gasteiger partial charge in [-0.2, -0.15) is 0 Å². The Bertz CT molecular complexity index is 281. The summed E-state index contributed by atoms with van der Waals surface area (Å²) in [6, 6.07) is 0. The predicted octanol–water partition coefficient (Wildman–Crippen LogP) is 4.11. The van der Waals surface area contributed by atoms with Crippen LogP contribution in [0.4, 0.5) is 0 Å². The van der Waals surface area contributed by atoms with Gasteiger partial charge in [0.25, 0.3) is 0 Å². The lowest BCUT2D eigenvalue weighted by Crippen LogP contribution is -2.41. The molecule has 0 amide bonds. The van der Waals surface area contributed by atoms with Gasteiger partial charge in [0, 0.05) is 6.54 Å². The number of rotatable bonds is 6. The second-order valence-electron chi connectivity index (χ2n) is 8.04. The molecule has 2 aliphatic rings. The van der Waals surface area contributed by atoms with Gasteiger partial charge in [-0.1, -0.05) is 27.7 Å². The minimum atomic E-state index is 0.884. The van der Waals surface area contributed by atoms with E-state index in [1.807, 2.05) is 0 Å². The van der Waals surface area contributed by atoms with Crippen molar-refractivity contribution in [1.82, 2.24) is 9.80 Å². The topological polar surface area (TPSA) is 6.48 Å². The minimum absolute atomic E-state index is 0.884. The van der Waals surface area contributed by atoms with E-state index in [9.17, 15) is 0 Å². The van der Waals surface area contributed by atoms with Crippen LogP contribution >= 0.6 is 0 Å².